The van der Waals surface area contributed by atoms with Crippen LogP contribution in [0.2, 0.25) is 0 Å². The number of methoxy groups -OCH3 is 1. The van der Waals surface area contributed by atoms with Gasteiger partial charge in [-0.05, 0) is 62.5 Å². The first-order chi connectivity index (χ1) is 14.1. The number of halogens is 1. The van der Waals surface area contributed by atoms with Crippen LogP contribution in [0.1, 0.15) is 44.9 Å². The largest absolute Gasteiger partial charge is 0.495 e. The summed E-state index contributed by atoms with van der Waals surface area (Å²) in [6.45, 7) is 1.33. The Morgan fingerprint density at radius 3 is 2.30 bits per heavy atom. The maximum atomic E-state index is 13.1. The maximum Gasteiger partial charge on any atom is 0.227 e. The average molecular weight is 436 g/mol. The number of rotatable bonds is 4. The van der Waals surface area contributed by atoms with Gasteiger partial charge in [-0.2, -0.15) is 0 Å². The summed E-state index contributed by atoms with van der Waals surface area (Å²) in [6, 6.07) is 7.73. The van der Waals surface area contributed by atoms with Crippen LogP contribution in [0, 0.1) is 23.7 Å². The van der Waals surface area contributed by atoms with Crippen molar-refractivity contribution in [2.24, 2.45) is 29.4 Å². The predicted molar refractivity (Wildman–Crippen MR) is 120 cm³/mol. The Morgan fingerprint density at radius 2 is 1.67 bits per heavy atom. The molecule has 3 fully saturated rings. The van der Waals surface area contributed by atoms with Gasteiger partial charge >= 0.3 is 0 Å². The fourth-order valence-electron chi connectivity index (χ4n) is 5.59. The van der Waals surface area contributed by atoms with Gasteiger partial charge in [-0.15, -0.1) is 12.4 Å². The Kier molecular flexibility index (Phi) is 7.64. The number of benzene rings is 1. The number of hydrogen-bond acceptors (Lipinski definition) is 4. The third-order valence-electron chi connectivity index (χ3n) is 7.30. The molecule has 7 heteroatoms. The number of carbonyl (C=O) groups excluding carboxylic acids is 2. The third kappa shape index (κ3) is 4.75. The highest BCUT2D eigenvalue weighted by atomic mass is 35.5. The van der Waals surface area contributed by atoms with E-state index in [4.69, 9.17) is 10.5 Å². The lowest BCUT2D eigenvalue weighted by atomic mass is 9.65. The smallest absolute Gasteiger partial charge is 0.227 e. The minimum atomic E-state index is -0.0666. The summed E-state index contributed by atoms with van der Waals surface area (Å²) in [4.78, 5) is 27.8. The average Bonchev–Trinajstić information content (AvgIpc) is 2.73. The number of nitrogens with one attached hydrogen (secondary N) is 1. The summed E-state index contributed by atoms with van der Waals surface area (Å²) < 4.78 is 5.31. The Labute approximate surface area is 185 Å². The van der Waals surface area contributed by atoms with Crippen molar-refractivity contribution in [1.82, 2.24) is 4.90 Å². The first-order valence-corrected chi connectivity index (χ1v) is 11.0. The summed E-state index contributed by atoms with van der Waals surface area (Å²) in [7, 11) is 1.60. The van der Waals surface area contributed by atoms with E-state index in [9.17, 15) is 9.59 Å². The molecule has 4 rings (SSSR count). The van der Waals surface area contributed by atoms with Crippen LogP contribution >= 0.6 is 12.4 Å². The number of piperidine rings is 1. The van der Waals surface area contributed by atoms with Gasteiger partial charge in [0.2, 0.25) is 11.8 Å². The molecule has 1 aliphatic heterocycles. The van der Waals surface area contributed by atoms with Gasteiger partial charge in [0.1, 0.15) is 5.75 Å². The van der Waals surface area contributed by atoms with Crippen LogP contribution < -0.4 is 15.8 Å². The summed E-state index contributed by atoms with van der Waals surface area (Å²) in [5.74, 6) is 2.06. The number of fused-ring (bicyclic) bond motifs is 2. The molecule has 2 saturated carbocycles. The van der Waals surface area contributed by atoms with E-state index >= 15 is 0 Å². The van der Waals surface area contributed by atoms with Gasteiger partial charge in [0, 0.05) is 31.0 Å². The van der Waals surface area contributed by atoms with Crippen molar-refractivity contribution < 1.29 is 14.3 Å². The number of hydrogen-bond donors (Lipinski definition) is 2. The fraction of sp³-hybridized carbons (Fsp3) is 0.652. The number of carbonyl (C=O) groups is 2. The first-order valence-electron chi connectivity index (χ1n) is 11.0. The van der Waals surface area contributed by atoms with Crippen LogP contribution in [0.5, 0.6) is 5.75 Å². The topological polar surface area (TPSA) is 84.7 Å². The van der Waals surface area contributed by atoms with Gasteiger partial charge in [0.15, 0.2) is 0 Å². The quantitative estimate of drug-likeness (QED) is 0.758. The molecule has 166 valence electrons. The van der Waals surface area contributed by atoms with E-state index in [0.717, 1.165) is 12.8 Å². The Balaban J connectivity index is 0.00000256. The van der Waals surface area contributed by atoms with Crippen molar-refractivity contribution in [2.75, 3.05) is 25.5 Å². The van der Waals surface area contributed by atoms with Gasteiger partial charge < -0.3 is 20.7 Å². The number of ether oxygens (including phenoxy) is 1. The zero-order valence-corrected chi connectivity index (χ0v) is 18.5. The molecule has 0 aromatic heterocycles. The lowest BCUT2D eigenvalue weighted by Gasteiger charge is -2.45. The molecule has 1 aromatic carbocycles. The molecule has 30 heavy (non-hydrogen) atoms. The summed E-state index contributed by atoms with van der Waals surface area (Å²) >= 11 is 0. The van der Waals surface area contributed by atoms with Crippen molar-refractivity contribution in [3.63, 3.8) is 0 Å². The molecule has 2 amide bonds. The van der Waals surface area contributed by atoms with Gasteiger partial charge in [-0.3, -0.25) is 9.59 Å². The molecule has 2 atom stereocenters. The molecule has 1 aromatic rings. The van der Waals surface area contributed by atoms with Crippen LogP contribution in [-0.2, 0) is 9.59 Å². The standard InChI is InChI=1S/C23H33N3O3.ClH/c1-29-20-8-3-2-7-19(20)25-22(27)15-9-11-26(12-10-15)23(28)18-13-16-5-4-6-17(14-18)21(16)24;/h2-3,7-8,15-18,21H,4-6,9-14,24H2,1H3,(H,25,27);1H. The fourth-order valence-corrected chi connectivity index (χ4v) is 5.59. The molecule has 3 aliphatic rings. The van der Waals surface area contributed by atoms with E-state index < -0.39 is 0 Å². The van der Waals surface area contributed by atoms with E-state index in [-0.39, 0.29) is 42.1 Å². The molecule has 3 N–H and O–H groups in total. The third-order valence-corrected chi connectivity index (χ3v) is 7.30. The molecule has 1 heterocycles. The zero-order chi connectivity index (χ0) is 20.4. The van der Waals surface area contributed by atoms with E-state index in [1.807, 2.05) is 29.2 Å². The predicted octanol–water partition coefficient (Wildman–Crippen LogP) is 3.45. The Bertz CT molecular complexity index is 737. The van der Waals surface area contributed by atoms with Crippen LogP contribution in [0.15, 0.2) is 24.3 Å². The molecule has 0 radical (unpaired) electrons. The van der Waals surface area contributed by atoms with Crippen molar-refractivity contribution in [1.29, 1.82) is 0 Å². The highest BCUT2D eigenvalue weighted by Crippen LogP contribution is 2.42. The molecule has 2 bridgehead atoms. The van der Waals surface area contributed by atoms with Gasteiger partial charge in [0.05, 0.1) is 12.8 Å². The van der Waals surface area contributed by atoms with E-state index in [2.05, 4.69) is 5.32 Å². The van der Waals surface area contributed by atoms with Crippen LogP contribution in [-0.4, -0.2) is 43.0 Å². The van der Waals surface area contributed by atoms with Crippen molar-refractivity contribution in [3.05, 3.63) is 24.3 Å². The molecular weight excluding hydrogens is 402 g/mol. The highest BCUT2D eigenvalue weighted by molar-refractivity contribution is 5.94. The normalized spacial score (nSPS) is 28.9. The second-order valence-corrected chi connectivity index (χ2v) is 8.99. The number of likely N-dealkylation sites (tertiary alicyclic amines) is 1. The summed E-state index contributed by atoms with van der Waals surface area (Å²) in [5.41, 5.74) is 7.08. The number of nitrogens with zero attached hydrogens (tertiary/aromatic N) is 1. The Morgan fingerprint density at radius 1 is 1.03 bits per heavy atom. The number of para-hydroxylation sites is 2. The summed E-state index contributed by atoms with van der Waals surface area (Å²) in [5, 5.41) is 2.99. The van der Waals surface area contributed by atoms with Crippen LogP contribution in [0.25, 0.3) is 0 Å². The first kappa shape index (κ1) is 22.9. The molecular formula is C23H34ClN3O3. The van der Waals surface area contributed by atoms with Gasteiger partial charge in [-0.25, -0.2) is 0 Å². The van der Waals surface area contributed by atoms with E-state index in [0.29, 0.717) is 49.2 Å². The monoisotopic (exact) mass is 435 g/mol. The molecule has 0 spiro atoms. The maximum absolute atomic E-state index is 13.1. The molecule has 1 saturated heterocycles. The lowest BCUT2D eigenvalue weighted by Crippen LogP contribution is -2.51. The molecule has 6 nitrogen and oxygen atoms in total. The Hall–Kier alpha value is -1.79. The van der Waals surface area contributed by atoms with Crippen molar-refractivity contribution >= 4 is 29.9 Å². The number of nitrogens with two attached hydrogens (primary N) is 1. The van der Waals surface area contributed by atoms with Crippen molar-refractivity contribution in [3.8, 4) is 5.75 Å². The van der Waals surface area contributed by atoms with Gasteiger partial charge in [0.25, 0.3) is 0 Å². The minimum Gasteiger partial charge on any atom is -0.495 e. The van der Waals surface area contributed by atoms with E-state index in [1.165, 1.54) is 19.3 Å². The lowest BCUT2D eigenvalue weighted by molar-refractivity contribution is -0.141. The van der Waals surface area contributed by atoms with E-state index in [1.54, 1.807) is 7.11 Å². The SMILES string of the molecule is COc1ccccc1NC(=O)C1CCN(C(=O)C2CC3CCCC(C2)C3N)CC1.Cl. The minimum absolute atomic E-state index is 0. The zero-order valence-electron chi connectivity index (χ0n) is 17.7. The summed E-state index contributed by atoms with van der Waals surface area (Å²) in [6.07, 6.45) is 6.93. The van der Waals surface area contributed by atoms with Crippen LogP contribution in [0.4, 0.5) is 5.69 Å². The second-order valence-electron chi connectivity index (χ2n) is 8.99. The van der Waals surface area contributed by atoms with Crippen molar-refractivity contribution in [2.45, 2.75) is 51.0 Å². The van der Waals surface area contributed by atoms with Crippen LogP contribution in [0.3, 0.4) is 0 Å². The highest BCUT2D eigenvalue weighted by Gasteiger charge is 2.42. The molecule has 2 aliphatic carbocycles. The number of anilines is 1. The second kappa shape index (κ2) is 10.0. The van der Waals surface area contributed by atoms with Gasteiger partial charge in [-0.1, -0.05) is 18.6 Å². The number of amides is 2. The molecule has 2 unspecified atom stereocenters.